The average molecular weight is 364 g/mol. The zero-order valence-electron chi connectivity index (χ0n) is 13.7. The molecule has 7 heteroatoms. The lowest BCUT2D eigenvalue weighted by atomic mass is 10.2. The number of carbonyl (C=O) groups excluding carboxylic acids is 2. The molecule has 0 heterocycles. The molecule has 0 aliphatic carbocycles. The second-order valence-corrected chi connectivity index (χ2v) is 5.81. The van der Waals surface area contributed by atoms with Gasteiger partial charge in [0.05, 0.1) is 17.3 Å². The molecular formula is C18H19ClFN3O2. The summed E-state index contributed by atoms with van der Waals surface area (Å²) in [5.74, 6) is -0.757. The fourth-order valence-corrected chi connectivity index (χ4v) is 2.26. The SMILES string of the molecule is CCCC(=O)Nc1ccc(Cl)c(NC(=O)CNc2ccc(F)cc2)c1. The molecule has 0 saturated heterocycles. The average Bonchev–Trinajstić information content (AvgIpc) is 2.57. The van der Waals surface area contributed by atoms with Gasteiger partial charge in [-0.2, -0.15) is 0 Å². The third-order valence-corrected chi connectivity index (χ3v) is 3.63. The van der Waals surface area contributed by atoms with Gasteiger partial charge in [0.25, 0.3) is 0 Å². The van der Waals surface area contributed by atoms with Crippen molar-refractivity contribution in [2.45, 2.75) is 19.8 Å². The van der Waals surface area contributed by atoms with E-state index in [0.717, 1.165) is 6.42 Å². The van der Waals surface area contributed by atoms with Gasteiger partial charge >= 0.3 is 0 Å². The molecule has 0 atom stereocenters. The molecule has 0 spiro atoms. The molecule has 0 saturated carbocycles. The molecule has 3 N–H and O–H groups in total. The van der Waals surface area contributed by atoms with E-state index in [1.165, 1.54) is 12.1 Å². The van der Waals surface area contributed by atoms with Crippen LogP contribution in [0.3, 0.4) is 0 Å². The largest absolute Gasteiger partial charge is 0.376 e. The predicted octanol–water partition coefficient (Wildman–Crippen LogP) is 4.27. The predicted molar refractivity (Wildman–Crippen MR) is 98.5 cm³/mol. The third-order valence-electron chi connectivity index (χ3n) is 3.30. The molecule has 0 fully saturated rings. The number of halogens is 2. The molecule has 5 nitrogen and oxygen atoms in total. The van der Waals surface area contributed by atoms with Crippen molar-refractivity contribution in [2.75, 3.05) is 22.5 Å². The van der Waals surface area contributed by atoms with Gasteiger partial charge in [-0.3, -0.25) is 9.59 Å². The molecule has 2 aromatic rings. The molecule has 0 aliphatic heterocycles. The highest BCUT2D eigenvalue weighted by molar-refractivity contribution is 6.33. The van der Waals surface area contributed by atoms with Crippen LogP contribution in [0.2, 0.25) is 5.02 Å². The first kappa shape index (κ1) is 18.7. The van der Waals surface area contributed by atoms with Crippen LogP contribution in [0.1, 0.15) is 19.8 Å². The smallest absolute Gasteiger partial charge is 0.243 e. The number of hydrogen-bond acceptors (Lipinski definition) is 3. The van der Waals surface area contributed by atoms with Crippen LogP contribution in [0, 0.1) is 5.82 Å². The number of amides is 2. The fraction of sp³-hybridized carbons (Fsp3) is 0.222. The molecule has 0 bridgehead atoms. The summed E-state index contributed by atoms with van der Waals surface area (Å²) in [6.45, 7) is 1.91. The normalized spacial score (nSPS) is 10.2. The maximum Gasteiger partial charge on any atom is 0.243 e. The van der Waals surface area contributed by atoms with E-state index in [9.17, 15) is 14.0 Å². The highest BCUT2D eigenvalue weighted by atomic mass is 35.5. The van der Waals surface area contributed by atoms with E-state index in [0.29, 0.717) is 28.5 Å². The van der Waals surface area contributed by atoms with E-state index in [1.54, 1.807) is 30.3 Å². The van der Waals surface area contributed by atoms with Crippen molar-refractivity contribution >= 4 is 40.5 Å². The zero-order valence-corrected chi connectivity index (χ0v) is 14.5. The molecule has 25 heavy (non-hydrogen) atoms. The first-order valence-corrected chi connectivity index (χ1v) is 8.24. The van der Waals surface area contributed by atoms with Crippen LogP contribution in [-0.4, -0.2) is 18.4 Å². The summed E-state index contributed by atoms with van der Waals surface area (Å²) in [7, 11) is 0. The van der Waals surface area contributed by atoms with Gasteiger partial charge in [0, 0.05) is 17.8 Å². The Hall–Kier alpha value is -2.60. The van der Waals surface area contributed by atoms with Crippen molar-refractivity contribution in [1.29, 1.82) is 0 Å². The molecule has 0 aromatic heterocycles. The number of nitrogens with one attached hydrogen (secondary N) is 3. The van der Waals surface area contributed by atoms with Crippen molar-refractivity contribution in [2.24, 2.45) is 0 Å². The lowest BCUT2D eigenvalue weighted by Crippen LogP contribution is -2.22. The summed E-state index contributed by atoms with van der Waals surface area (Å²) >= 11 is 6.08. The Morgan fingerprint density at radius 2 is 1.68 bits per heavy atom. The zero-order chi connectivity index (χ0) is 18.2. The third kappa shape index (κ3) is 6.08. The van der Waals surface area contributed by atoms with Gasteiger partial charge in [0.1, 0.15) is 5.82 Å². The summed E-state index contributed by atoms with van der Waals surface area (Å²) in [4.78, 5) is 23.7. The Morgan fingerprint density at radius 1 is 1.00 bits per heavy atom. The number of rotatable bonds is 7. The van der Waals surface area contributed by atoms with Gasteiger partial charge < -0.3 is 16.0 Å². The topological polar surface area (TPSA) is 70.2 Å². The Bertz CT molecular complexity index is 750. The number of carbonyl (C=O) groups is 2. The molecule has 132 valence electrons. The van der Waals surface area contributed by atoms with Crippen LogP contribution in [-0.2, 0) is 9.59 Å². The highest BCUT2D eigenvalue weighted by Crippen LogP contribution is 2.25. The fourth-order valence-electron chi connectivity index (χ4n) is 2.09. The lowest BCUT2D eigenvalue weighted by molar-refractivity contribution is -0.116. The van der Waals surface area contributed by atoms with Crippen LogP contribution in [0.5, 0.6) is 0 Å². The van der Waals surface area contributed by atoms with E-state index in [4.69, 9.17) is 11.6 Å². The minimum atomic E-state index is -0.344. The first-order valence-electron chi connectivity index (χ1n) is 7.86. The summed E-state index contributed by atoms with van der Waals surface area (Å²) in [6, 6.07) is 10.6. The number of benzene rings is 2. The van der Waals surface area contributed by atoms with Crippen LogP contribution >= 0.6 is 11.6 Å². The van der Waals surface area contributed by atoms with Gasteiger partial charge in [0.15, 0.2) is 0 Å². The monoisotopic (exact) mass is 363 g/mol. The molecule has 0 unspecified atom stereocenters. The summed E-state index contributed by atoms with van der Waals surface area (Å²) in [6.07, 6.45) is 1.17. The Labute approximate surface area is 150 Å². The molecule has 2 amide bonds. The highest BCUT2D eigenvalue weighted by Gasteiger charge is 2.08. The molecular weight excluding hydrogens is 345 g/mol. The van der Waals surface area contributed by atoms with Crippen molar-refractivity contribution < 1.29 is 14.0 Å². The van der Waals surface area contributed by atoms with E-state index < -0.39 is 0 Å². The van der Waals surface area contributed by atoms with Crippen LogP contribution < -0.4 is 16.0 Å². The van der Waals surface area contributed by atoms with E-state index in [-0.39, 0.29) is 24.2 Å². The number of anilines is 3. The Morgan fingerprint density at radius 3 is 2.36 bits per heavy atom. The molecule has 2 aromatic carbocycles. The first-order chi connectivity index (χ1) is 12.0. The minimum Gasteiger partial charge on any atom is -0.376 e. The molecule has 0 radical (unpaired) electrons. The van der Waals surface area contributed by atoms with Gasteiger partial charge in [-0.1, -0.05) is 18.5 Å². The van der Waals surface area contributed by atoms with Gasteiger partial charge in [0.2, 0.25) is 11.8 Å². The quantitative estimate of drug-likeness (QED) is 0.688. The Kier molecular flexibility index (Phi) is 6.77. The van der Waals surface area contributed by atoms with Gasteiger partial charge in [-0.15, -0.1) is 0 Å². The van der Waals surface area contributed by atoms with Gasteiger partial charge in [-0.05, 0) is 48.9 Å². The summed E-state index contributed by atoms with van der Waals surface area (Å²) in [5.41, 5.74) is 1.59. The molecule has 2 rings (SSSR count). The summed E-state index contributed by atoms with van der Waals surface area (Å²) in [5, 5.41) is 8.67. The van der Waals surface area contributed by atoms with Crippen LogP contribution in [0.25, 0.3) is 0 Å². The Balaban J connectivity index is 1.94. The van der Waals surface area contributed by atoms with Crippen molar-refractivity contribution in [1.82, 2.24) is 0 Å². The second-order valence-electron chi connectivity index (χ2n) is 5.40. The van der Waals surface area contributed by atoms with Crippen molar-refractivity contribution in [3.63, 3.8) is 0 Å². The van der Waals surface area contributed by atoms with E-state index in [2.05, 4.69) is 16.0 Å². The summed E-state index contributed by atoms with van der Waals surface area (Å²) < 4.78 is 12.8. The standard InChI is InChI=1S/C18H19ClFN3O2/c1-2-3-17(24)22-14-8-9-15(19)16(10-14)23-18(25)11-21-13-6-4-12(20)5-7-13/h4-10,21H,2-3,11H2,1H3,(H,22,24)(H,23,25). The minimum absolute atomic E-state index is 0.00557. The van der Waals surface area contributed by atoms with E-state index >= 15 is 0 Å². The van der Waals surface area contributed by atoms with Gasteiger partial charge in [-0.25, -0.2) is 4.39 Å². The van der Waals surface area contributed by atoms with Crippen LogP contribution in [0.15, 0.2) is 42.5 Å². The number of hydrogen-bond donors (Lipinski definition) is 3. The van der Waals surface area contributed by atoms with Crippen molar-refractivity contribution in [3.05, 3.63) is 53.3 Å². The lowest BCUT2D eigenvalue weighted by Gasteiger charge is -2.11. The van der Waals surface area contributed by atoms with Crippen molar-refractivity contribution in [3.8, 4) is 0 Å². The molecule has 0 aliphatic rings. The van der Waals surface area contributed by atoms with Crippen LogP contribution in [0.4, 0.5) is 21.5 Å². The maximum atomic E-state index is 12.8. The maximum absolute atomic E-state index is 12.8. The van der Waals surface area contributed by atoms with E-state index in [1.807, 2.05) is 6.92 Å². The second kappa shape index (κ2) is 9.03.